The zero-order valence-corrected chi connectivity index (χ0v) is 30.1. The number of fused-ring (bicyclic) bond motifs is 14. The van der Waals surface area contributed by atoms with E-state index in [2.05, 4.69) is 191 Å². The van der Waals surface area contributed by atoms with E-state index in [1.165, 1.54) is 91.1 Å². The third kappa shape index (κ3) is 4.17. The maximum Gasteiger partial charge on any atom is 0.0764 e. The van der Waals surface area contributed by atoms with Gasteiger partial charge in [0.1, 0.15) is 0 Å². The number of hydrogen-bond acceptors (Lipinski definition) is 3. The van der Waals surface area contributed by atoms with E-state index in [4.69, 9.17) is 0 Å². The zero-order chi connectivity index (χ0) is 35.3. The van der Waals surface area contributed by atoms with Gasteiger partial charge in [0.15, 0.2) is 0 Å². The molecule has 12 rings (SSSR count). The standard InChI is InChI=1S/C50H33N3S/c1-2-15-31(16-3-1)47-48(52-40-24-12-11-23-39(40)51-47)37-27-29-41(34-19-7-6-18-33(34)37)53-42-28-26-30-14-4-5-17-32(30)45(42)46-36-21-9-8-20-35(36)44-38-22-10-13-25-43(38)54-50(44)49(46)53/h1-29,47-48,51-52H. The average molecular weight is 708 g/mol. The number of thiophene rings is 1. The Bertz CT molecular complexity index is 3300. The highest BCUT2D eigenvalue weighted by Crippen LogP contribution is 2.50. The van der Waals surface area contributed by atoms with Crippen molar-refractivity contribution in [3.05, 3.63) is 187 Å². The summed E-state index contributed by atoms with van der Waals surface area (Å²) >= 11 is 1.92. The van der Waals surface area contributed by atoms with E-state index in [0.717, 1.165) is 11.4 Å². The van der Waals surface area contributed by atoms with Crippen LogP contribution in [0.3, 0.4) is 0 Å². The Kier molecular flexibility index (Phi) is 6.33. The second-order valence-electron chi connectivity index (χ2n) is 14.5. The van der Waals surface area contributed by atoms with E-state index in [1.807, 2.05) is 11.3 Å². The predicted octanol–water partition coefficient (Wildman–Crippen LogP) is 13.9. The number of nitrogens with one attached hydrogen (secondary N) is 2. The van der Waals surface area contributed by atoms with E-state index in [-0.39, 0.29) is 12.1 Å². The Hall–Kier alpha value is -6.62. The molecule has 3 heterocycles. The monoisotopic (exact) mass is 707 g/mol. The highest BCUT2D eigenvalue weighted by molar-refractivity contribution is 7.27. The summed E-state index contributed by atoms with van der Waals surface area (Å²) in [5, 5.41) is 20.8. The van der Waals surface area contributed by atoms with Gasteiger partial charge in [-0.1, -0.05) is 146 Å². The van der Waals surface area contributed by atoms with Crippen molar-refractivity contribution in [1.82, 2.24) is 4.57 Å². The molecular formula is C50H33N3S. The summed E-state index contributed by atoms with van der Waals surface area (Å²) in [6, 6.07) is 64.7. The smallest absolute Gasteiger partial charge is 0.0764 e. The van der Waals surface area contributed by atoms with Crippen molar-refractivity contribution < 1.29 is 0 Å². The molecule has 0 amide bonds. The van der Waals surface area contributed by atoms with Gasteiger partial charge >= 0.3 is 0 Å². The number of benzene rings is 9. The summed E-state index contributed by atoms with van der Waals surface area (Å²) in [6.07, 6.45) is 0. The van der Waals surface area contributed by atoms with Crippen molar-refractivity contribution in [1.29, 1.82) is 0 Å². The molecule has 0 bridgehead atoms. The van der Waals surface area contributed by atoms with Gasteiger partial charge in [-0.05, 0) is 68.4 Å². The summed E-state index contributed by atoms with van der Waals surface area (Å²) in [6.45, 7) is 0. The quantitative estimate of drug-likeness (QED) is 0.191. The van der Waals surface area contributed by atoms with Crippen molar-refractivity contribution >= 4 is 97.0 Å². The number of hydrogen-bond donors (Lipinski definition) is 2. The van der Waals surface area contributed by atoms with Crippen LogP contribution in [0, 0.1) is 0 Å². The normalized spacial score (nSPS) is 15.7. The number of para-hydroxylation sites is 2. The van der Waals surface area contributed by atoms with Crippen LogP contribution in [-0.2, 0) is 0 Å². The number of aromatic nitrogens is 1. The summed E-state index contributed by atoms with van der Waals surface area (Å²) in [7, 11) is 0. The number of rotatable bonds is 3. The molecule has 9 aromatic carbocycles. The van der Waals surface area contributed by atoms with Crippen LogP contribution in [0.4, 0.5) is 11.4 Å². The van der Waals surface area contributed by atoms with Crippen LogP contribution in [0.25, 0.3) is 80.0 Å². The predicted molar refractivity (Wildman–Crippen MR) is 232 cm³/mol. The van der Waals surface area contributed by atoms with Gasteiger partial charge in [0.05, 0.1) is 44.9 Å². The largest absolute Gasteiger partial charge is 0.374 e. The molecule has 2 unspecified atom stereocenters. The minimum atomic E-state index is 0.00147. The van der Waals surface area contributed by atoms with Crippen LogP contribution >= 0.6 is 11.3 Å². The molecule has 1 aliphatic heterocycles. The molecule has 0 radical (unpaired) electrons. The first-order valence-electron chi connectivity index (χ1n) is 18.7. The second kappa shape index (κ2) is 11.4. The van der Waals surface area contributed by atoms with Gasteiger partial charge in [0, 0.05) is 31.6 Å². The van der Waals surface area contributed by atoms with Gasteiger partial charge in [0.2, 0.25) is 0 Å². The van der Waals surface area contributed by atoms with E-state index in [1.54, 1.807) is 0 Å². The van der Waals surface area contributed by atoms with Crippen molar-refractivity contribution in [3.8, 4) is 5.69 Å². The molecule has 2 aromatic heterocycles. The van der Waals surface area contributed by atoms with Crippen molar-refractivity contribution in [3.63, 3.8) is 0 Å². The molecule has 0 fully saturated rings. The lowest BCUT2D eigenvalue weighted by Gasteiger charge is -2.37. The Balaban J connectivity index is 1.21. The van der Waals surface area contributed by atoms with E-state index < -0.39 is 0 Å². The van der Waals surface area contributed by atoms with Crippen molar-refractivity contribution in [2.75, 3.05) is 10.6 Å². The lowest BCUT2D eigenvalue weighted by Crippen LogP contribution is -2.30. The van der Waals surface area contributed by atoms with Crippen LogP contribution in [0.15, 0.2) is 176 Å². The van der Waals surface area contributed by atoms with E-state index in [9.17, 15) is 0 Å². The fraction of sp³-hybridized carbons (Fsp3) is 0.0400. The fourth-order valence-corrected chi connectivity index (χ4v) is 10.6. The molecule has 11 aromatic rings. The Morgan fingerprint density at radius 2 is 1.04 bits per heavy atom. The van der Waals surface area contributed by atoms with Crippen LogP contribution in [0.2, 0.25) is 0 Å². The van der Waals surface area contributed by atoms with Gasteiger partial charge in [-0.25, -0.2) is 0 Å². The number of anilines is 2. The summed E-state index contributed by atoms with van der Waals surface area (Å²) < 4.78 is 5.23. The molecule has 0 saturated heterocycles. The lowest BCUT2D eigenvalue weighted by molar-refractivity contribution is 0.640. The molecular weight excluding hydrogens is 675 g/mol. The molecule has 54 heavy (non-hydrogen) atoms. The molecule has 0 aliphatic carbocycles. The average Bonchev–Trinajstić information content (AvgIpc) is 3.80. The van der Waals surface area contributed by atoms with Crippen molar-refractivity contribution in [2.45, 2.75) is 12.1 Å². The summed E-state index contributed by atoms with van der Waals surface area (Å²) in [5.41, 5.74) is 8.48. The topological polar surface area (TPSA) is 29.0 Å². The van der Waals surface area contributed by atoms with Crippen LogP contribution in [0.5, 0.6) is 0 Å². The number of nitrogens with zero attached hydrogens (tertiary/aromatic N) is 1. The molecule has 2 atom stereocenters. The maximum atomic E-state index is 3.98. The molecule has 3 nitrogen and oxygen atoms in total. The van der Waals surface area contributed by atoms with Gasteiger partial charge in [-0.3, -0.25) is 0 Å². The molecule has 0 saturated carbocycles. The van der Waals surface area contributed by atoms with E-state index >= 15 is 0 Å². The van der Waals surface area contributed by atoms with Gasteiger partial charge < -0.3 is 15.2 Å². The first-order valence-corrected chi connectivity index (χ1v) is 19.5. The van der Waals surface area contributed by atoms with Gasteiger partial charge in [-0.2, -0.15) is 0 Å². The van der Waals surface area contributed by atoms with E-state index in [0.29, 0.717) is 0 Å². The first-order chi connectivity index (χ1) is 26.8. The van der Waals surface area contributed by atoms with Crippen molar-refractivity contribution in [2.24, 2.45) is 0 Å². The minimum Gasteiger partial charge on any atom is -0.374 e. The molecule has 1 aliphatic rings. The lowest BCUT2D eigenvalue weighted by atomic mass is 9.87. The Morgan fingerprint density at radius 3 is 1.83 bits per heavy atom. The minimum absolute atomic E-state index is 0.00147. The Labute approximate surface area is 315 Å². The van der Waals surface area contributed by atoms with Crippen LogP contribution in [-0.4, -0.2) is 4.57 Å². The fourth-order valence-electron chi connectivity index (χ4n) is 9.39. The summed E-state index contributed by atoms with van der Waals surface area (Å²) in [4.78, 5) is 0. The molecule has 0 spiro atoms. The zero-order valence-electron chi connectivity index (χ0n) is 29.3. The van der Waals surface area contributed by atoms with Gasteiger partial charge in [-0.15, -0.1) is 11.3 Å². The molecule has 2 N–H and O–H groups in total. The van der Waals surface area contributed by atoms with Crippen LogP contribution in [0.1, 0.15) is 23.2 Å². The maximum absolute atomic E-state index is 3.98. The SMILES string of the molecule is c1ccc(C2Nc3ccccc3NC2c2ccc(-n3c4ccc5ccccc5c4c4c5ccccc5c5c6ccccc6sc5c43)c3ccccc23)cc1. The first kappa shape index (κ1) is 29.9. The molecule has 254 valence electrons. The molecule has 4 heteroatoms. The highest BCUT2D eigenvalue weighted by Gasteiger charge is 2.32. The Morgan fingerprint density at radius 1 is 0.426 bits per heavy atom. The third-order valence-electron chi connectivity index (χ3n) is 11.7. The van der Waals surface area contributed by atoms with Gasteiger partial charge in [0.25, 0.3) is 0 Å². The van der Waals surface area contributed by atoms with Crippen LogP contribution < -0.4 is 10.6 Å². The third-order valence-corrected chi connectivity index (χ3v) is 12.9. The summed E-state index contributed by atoms with van der Waals surface area (Å²) in [5.74, 6) is 0. The highest BCUT2D eigenvalue weighted by atomic mass is 32.1. The second-order valence-corrected chi connectivity index (χ2v) is 15.6.